The van der Waals surface area contributed by atoms with Gasteiger partial charge in [0.1, 0.15) is 11.2 Å². The summed E-state index contributed by atoms with van der Waals surface area (Å²) in [6.07, 6.45) is 0. The quantitative estimate of drug-likeness (QED) is 0.585. The third-order valence-electron chi connectivity index (χ3n) is 2.87. The van der Waals surface area contributed by atoms with E-state index in [0.29, 0.717) is 21.9 Å². The van der Waals surface area contributed by atoms with Crippen molar-refractivity contribution in [3.8, 4) is 0 Å². The summed E-state index contributed by atoms with van der Waals surface area (Å²) in [5, 5.41) is 1.23. The van der Waals surface area contributed by atoms with E-state index in [0.717, 1.165) is 10.0 Å². The highest BCUT2D eigenvalue weighted by Gasteiger charge is 2.11. The second kappa shape index (κ2) is 3.70. The number of benzene rings is 2. The van der Waals surface area contributed by atoms with Crippen LogP contribution in [0.15, 0.2) is 50.1 Å². The topological polar surface area (TPSA) is 30.2 Å². The molecule has 0 spiro atoms. The van der Waals surface area contributed by atoms with Gasteiger partial charge in [-0.05, 0) is 46.6 Å². The van der Waals surface area contributed by atoms with E-state index in [1.54, 1.807) is 6.07 Å². The summed E-state index contributed by atoms with van der Waals surface area (Å²) in [4.78, 5) is 12.4. The maximum atomic E-state index is 12.4. The fourth-order valence-corrected chi connectivity index (χ4v) is 2.49. The molecule has 17 heavy (non-hydrogen) atoms. The van der Waals surface area contributed by atoms with Crippen molar-refractivity contribution in [2.75, 3.05) is 0 Å². The van der Waals surface area contributed by atoms with Gasteiger partial charge in [-0.15, -0.1) is 0 Å². The van der Waals surface area contributed by atoms with Crippen molar-refractivity contribution in [2.24, 2.45) is 0 Å². The second-order valence-corrected chi connectivity index (χ2v) is 4.85. The van der Waals surface area contributed by atoms with E-state index >= 15 is 0 Å². The molecule has 0 aliphatic heterocycles. The normalized spacial score (nSPS) is 11.2. The van der Waals surface area contributed by atoms with E-state index in [1.165, 1.54) is 0 Å². The number of hydrogen-bond acceptors (Lipinski definition) is 2. The molecule has 0 aliphatic carbocycles. The van der Waals surface area contributed by atoms with Crippen LogP contribution in [0, 0.1) is 6.92 Å². The Morgan fingerprint density at radius 2 is 1.88 bits per heavy atom. The summed E-state index contributed by atoms with van der Waals surface area (Å²) in [5.74, 6) is 0. The highest BCUT2D eigenvalue weighted by molar-refractivity contribution is 9.10. The molecule has 2 aromatic carbocycles. The molecule has 1 heterocycles. The zero-order valence-corrected chi connectivity index (χ0v) is 10.7. The van der Waals surface area contributed by atoms with Crippen molar-refractivity contribution in [3.63, 3.8) is 0 Å². The van der Waals surface area contributed by atoms with Crippen molar-refractivity contribution >= 4 is 37.9 Å². The van der Waals surface area contributed by atoms with Gasteiger partial charge in [0, 0.05) is 4.47 Å². The van der Waals surface area contributed by atoms with Gasteiger partial charge < -0.3 is 4.42 Å². The number of halogens is 1. The Labute approximate surface area is 106 Å². The zero-order chi connectivity index (χ0) is 12.0. The summed E-state index contributed by atoms with van der Waals surface area (Å²) >= 11 is 3.41. The van der Waals surface area contributed by atoms with Crippen molar-refractivity contribution < 1.29 is 4.42 Å². The molecule has 1 aromatic heterocycles. The monoisotopic (exact) mass is 288 g/mol. The molecule has 0 bridgehead atoms. The van der Waals surface area contributed by atoms with Crippen LogP contribution in [-0.4, -0.2) is 0 Å². The van der Waals surface area contributed by atoms with E-state index in [9.17, 15) is 4.79 Å². The number of fused-ring (bicyclic) bond motifs is 2. The third-order valence-corrected chi connectivity index (χ3v) is 3.54. The SMILES string of the molecule is Cc1ccc(Br)c2c(=O)c3ccccc3oc12. The predicted molar refractivity (Wildman–Crippen MR) is 72.4 cm³/mol. The summed E-state index contributed by atoms with van der Waals surface area (Å²) < 4.78 is 6.58. The first-order chi connectivity index (χ1) is 8.18. The van der Waals surface area contributed by atoms with Crippen molar-refractivity contribution in [3.05, 3.63) is 56.7 Å². The molecule has 0 N–H and O–H groups in total. The molecule has 2 nitrogen and oxygen atoms in total. The molecular weight excluding hydrogens is 280 g/mol. The van der Waals surface area contributed by atoms with Gasteiger partial charge in [-0.2, -0.15) is 0 Å². The lowest BCUT2D eigenvalue weighted by atomic mass is 10.1. The molecule has 84 valence electrons. The average molecular weight is 289 g/mol. The molecule has 0 fully saturated rings. The molecule has 0 radical (unpaired) electrons. The number of para-hydroxylation sites is 1. The summed E-state index contributed by atoms with van der Waals surface area (Å²) in [6, 6.07) is 11.1. The lowest BCUT2D eigenvalue weighted by molar-refractivity contribution is 0.656. The van der Waals surface area contributed by atoms with Crippen LogP contribution >= 0.6 is 15.9 Å². The first-order valence-electron chi connectivity index (χ1n) is 5.29. The first kappa shape index (κ1) is 10.5. The fourth-order valence-electron chi connectivity index (χ4n) is 1.99. The molecule has 0 saturated carbocycles. The highest BCUT2D eigenvalue weighted by atomic mass is 79.9. The predicted octanol–water partition coefficient (Wildman–Crippen LogP) is 4.02. The van der Waals surface area contributed by atoms with E-state index in [4.69, 9.17) is 4.42 Å². The molecule has 0 atom stereocenters. The van der Waals surface area contributed by atoms with E-state index < -0.39 is 0 Å². The van der Waals surface area contributed by atoms with Gasteiger partial charge in [-0.25, -0.2) is 0 Å². The Kier molecular flexibility index (Phi) is 2.30. The minimum atomic E-state index is 0.0115. The fraction of sp³-hybridized carbons (Fsp3) is 0.0714. The van der Waals surface area contributed by atoms with Gasteiger partial charge in [0.15, 0.2) is 0 Å². The standard InChI is InChI=1S/C14H9BrO2/c1-8-6-7-10(15)12-13(16)9-4-2-3-5-11(9)17-14(8)12/h2-7H,1H3. The minimum absolute atomic E-state index is 0.0115. The maximum Gasteiger partial charge on any atom is 0.201 e. The molecule has 0 unspecified atom stereocenters. The van der Waals surface area contributed by atoms with Crippen LogP contribution in [0.2, 0.25) is 0 Å². The molecule has 3 rings (SSSR count). The molecule has 0 amide bonds. The maximum absolute atomic E-state index is 12.4. The smallest absolute Gasteiger partial charge is 0.201 e. The molecule has 0 aliphatic rings. The van der Waals surface area contributed by atoms with Gasteiger partial charge >= 0.3 is 0 Å². The van der Waals surface area contributed by atoms with Crippen molar-refractivity contribution in [1.29, 1.82) is 0 Å². The number of aryl methyl sites for hydroxylation is 1. The summed E-state index contributed by atoms with van der Waals surface area (Å²) in [5.41, 5.74) is 2.26. The largest absolute Gasteiger partial charge is 0.455 e. The van der Waals surface area contributed by atoms with E-state index in [-0.39, 0.29) is 5.43 Å². The van der Waals surface area contributed by atoms with E-state index in [1.807, 2.05) is 37.3 Å². The van der Waals surface area contributed by atoms with E-state index in [2.05, 4.69) is 15.9 Å². The van der Waals surface area contributed by atoms with Crippen LogP contribution in [-0.2, 0) is 0 Å². The van der Waals surface area contributed by atoms with Crippen LogP contribution in [0.5, 0.6) is 0 Å². The van der Waals surface area contributed by atoms with Crippen LogP contribution < -0.4 is 5.43 Å². The Morgan fingerprint density at radius 3 is 2.71 bits per heavy atom. The molecule has 3 aromatic rings. The van der Waals surface area contributed by atoms with Gasteiger partial charge in [0.2, 0.25) is 5.43 Å². The average Bonchev–Trinajstić information content (AvgIpc) is 2.34. The van der Waals surface area contributed by atoms with Gasteiger partial charge in [0.05, 0.1) is 10.8 Å². The Morgan fingerprint density at radius 1 is 1.12 bits per heavy atom. The lowest BCUT2D eigenvalue weighted by Gasteiger charge is -2.05. The summed E-state index contributed by atoms with van der Waals surface area (Å²) in [7, 11) is 0. The molecule has 0 saturated heterocycles. The highest BCUT2D eigenvalue weighted by Crippen LogP contribution is 2.27. The van der Waals surface area contributed by atoms with Crippen LogP contribution in [0.1, 0.15) is 5.56 Å². The number of hydrogen-bond donors (Lipinski definition) is 0. The van der Waals surface area contributed by atoms with Crippen LogP contribution in [0.4, 0.5) is 0 Å². The second-order valence-electron chi connectivity index (χ2n) is 4.00. The third kappa shape index (κ3) is 1.50. The Hall–Kier alpha value is -1.61. The van der Waals surface area contributed by atoms with Gasteiger partial charge in [-0.3, -0.25) is 4.79 Å². The summed E-state index contributed by atoms with van der Waals surface area (Å²) in [6.45, 7) is 1.94. The number of rotatable bonds is 0. The zero-order valence-electron chi connectivity index (χ0n) is 9.16. The van der Waals surface area contributed by atoms with Crippen molar-refractivity contribution in [1.82, 2.24) is 0 Å². The molecule has 3 heteroatoms. The minimum Gasteiger partial charge on any atom is -0.455 e. The van der Waals surface area contributed by atoms with Gasteiger partial charge in [0.25, 0.3) is 0 Å². The molecular formula is C14H9BrO2. The first-order valence-corrected chi connectivity index (χ1v) is 6.08. The Bertz CT molecular complexity index is 787. The van der Waals surface area contributed by atoms with Crippen LogP contribution in [0.3, 0.4) is 0 Å². The van der Waals surface area contributed by atoms with Crippen LogP contribution in [0.25, 0.3) is 21.9 Å². The van der Waals surface area contributed by atoms with Crippen molar-refractivity contribution in [2.45, 2.75) is 6.92 Å². The van der Waals surface area contributed by atoms with Gasteiger partial charge in [-0.1, -0.05) is 18.2 Å². The lowest BCUT2D eigenvalue weighted by Crippen LogP contribution is -2.03. The Balaban J connectivity index is 2.69.